The summed E-state index contributed by atoms with van der Waals surface area (Å²) in [6.07, 6.45) is -0.198. The summed E-state index contributed by atoms with van der Waals surface area (Å²) in [5, 5.41) is 0.411. The molecule has 3 rings (SSSR count). The summed E-state index contributed by atoms with van der Waals surface area (Å²) in [7, 11) is 1.59. The predicted octanol–water partition coefficient (Wildman–Crippen LogP) is 4.71. The number of benzene rings is 2. The van der Waals surface area contributed by atoms with Gasteiger partial charge in [0.2, 0.25) is 6.29 Å². The van der Waals surface area contributed by atoms with Gasteiger partial charge in [0.05, 0.1) is 25.7 Å². The molecule has 3 atom stereocenters. The lowest BCUT2D eigenvalue weighted by atomic mass is 9.88. The first kappa shape index (κ1) is 24.0. The van der Waals surface area contributed by atoms with Gasteiger partial charge in [0.25, 0.3) is 0 Å². The molecule has 1 unspecified atom stereocenters. The third kappa shape index (κ3) is 5.59. The van der Waals surface area contributed by atoms with Gasteiger partial charge in [0.15, 0.2) is 0 Å². The van der Waals surface area contributed by atoms with E-state index in [1.165, 1.54) is 6.07 Å². The van der Waals surface area contributed by atoms with Crippen molar-refractivity contribution in [2.45, 2.75) is 38.9 Å². The first-order valence-corrected chi connectivity index (χ1v) is 10.9. The second-order valence-corrected chi connectivity index (χ2v) is 7.75. The number of hydrogen-bond donors (Lipinski definition) is 0. The van der Waals surface area contributed by atoms with Crippen LogP contribution in [0.15, 0.2) is 42.5 Å². The van der Waals surface area contributed by atoms with Gasteiger partial charge < -0.3 is 14.2 Å². The van der Waals surface area contributed by atoms with Crippen molar-refractivity contribution in [1.29, 1.82) is 0 Å². The van der Waals surface area contributed by atoms with Crippen LogP contribution in [0.1, 0.15) is 47.7 Å². The summed E-state index contributed by atoms with van der Waals surface area (Å²) in [5.41, 5.74) is 2.20. The second-order valence-electron chi connectivity index (χ2n) is 7.32. The van der Waals surface area contributed by atoms with Crippen LogP contribution in [0.5, 0.6) is 5.75 Å². The molecule has 8 heteroatoms. The Morgan fingerprint density at radius 2 is 1.91 bits per heavy atom. The summed E-state index contributed by atoms with van der Waals surface area (Å²) >= 11 is 5.95. The topological polar surface area (TPSA) is 80.3 Å². The smallest absolute Gasteiger partial charge is 0.373 e. The average Bonchev–Trinajstić information content (AvgIpc) is 3.14. The van der Waals surface area contributed by atoms with Crippen molar-refractivity contribution in [2.75, 3.05) is 20.3 Å². The fourth-order valence-electron chi connectivity index (χ4n) is 4.06. The number of carbonyl (C=O) groups is 2. The Bertz CT molecular complexity index is 946. The Morgan fingerprint density at radius 1 is 1.12 bits per heavy atom. The summed E-state index contributed by atoms with van der Waals surface area (Å²) < 4.78 is 16.5. The number of rotatable bonds is 10. The van der Waals surface area contributed by atoms with Crippen molar-refractivity contribution >= 4 is 23.5 Å². The van der Waals surface area contributed by atoms with E-state index in [1.807, 2.05) is 25.1 Å². The zero-order valence-electron chi connectivity index (χ0n) is 18.3. The minimum atomic E-state index is -0.889. The molecule has 0 bridgehead atoms. The highest BCUT2D eigenvalue weighted by molar-refractivity contribution is 6.30. The molecule has 0 aliphatic heterocycles. The molecule has 2 aromatic carbocycles. The van der Waals surface area contributed by atoms with Crippen LogP contribution in [0.4, 0.5) is 0 Å². The molecule has 0 saturated heterocycles. The van der Waals surface area contributed by atoms with Crippen molar-refractivity contribution in [3.05, 3.63) is 64.2 Å². The molecule has 172 valence electrons. The van der Waals surface area contributed by atoms with Crippen LogP contribution in [0.2, 0.25) is 5.02 Å². The predicted molar refractivity (Wildman–Crippen MR) is 118 cm³/mol. The number of methoxy groups -OCH3 is 1. The third-order valence-electron chi connectivity index (χ3n) is 5.37. The van der Waals surface area contributed by atoms with Gasteiger partial charge in [0.1, 0.15) is 5.75 Å². The van der Waals surface area contributed by atoms with E-state index in [2.05, 4.69) is 0 Å². The van der Waals surface area contributed by atoms with Crippen LogP contribution in [0.25, 0.3) is 0 Å². The fraction of sp³-hybridized carbons (Fsp3) is 0.417. The van der Waals surface area contributed by atoms with E-state index in [4.69, 9.17) is 35.6 Å². The van der Waals surface area contributed by atoms with Crippen molar-refractivity contribution < 1.29 is 33.6 Å². The molecule has 0 amide bonds. The Kier molecular flexibility index (Phi) is 8.50. The van der Waals surface area contributed by atoms with Gasteiger partial charge in [-0.05, 0) is 50.1 Å². The molecule has 0 heterocycles. The van der Waals surface area contributed by atoms with Gasteiger partial charge >= 0.3 is 11.9 Å². The molecular weight excluding hydrogens is 436 g/mol. The number of esters is 1. The van der Waals surface area contributed by atoms with E-state index in [9.17, 15) is 9.59 Å². The van der Waals surface area contributed by atoms with Gasteiger partial charge in [0, 0.05) is 29.0 Å². The monoisotopic (exact) mass is 462 g/mol. The second kappa shape index (κ2) is 11.3. The van der Waals surface area contributed by atoms with Crippen LogP contribution < -0.4 is 4.74 Å². The van der Waals surface area contributed by atoms with Gasteiger partial charge in [-0.3, -0.25) is 9.68 Å². The third-order valence-corrected chi connectivity index (χ3v) is 5.61. The zero-order valence-corrected chi connectivity index (χ0v) is 19.1. The Balaban J connectivity index is 1.83. The average molecular weight is 463 g/mol. The largest absolute Gasteiger partial charge is 0.496 e. The zero-order chi connectivity index (χ0) is 23.1. The molecule has 1 aliphatic rings. The summed E-state index contributed by atoms with van der Waals surface area (Å²) in [5.74, 6) is -0.912. The molecule has 0 spiro atoms. The number of ether oxygens (including phenoxy) is 3. The summed E-state index contributed by atoms with van der Waals surface area (Å²) in [4.78, 5) is 35.4. The maximum atomic E-state index is 12.4. The SMILES string of the molecule is CCOC(=O)C[C@H]1c2c(cccc2OC)C[C@H]1C(OCC)OOC(=O)c1cccc(Cl)c1. The standard InChI is InChI=1S/C24H27ClO7/c1-4-29-21(26)14-18-19(13-15-8-7-11-20(28-3)22(15)18)24(30-5-2)32-31-23(27)16-9-6-10-17(25)12-16/h6-12,18-19,24H,4-5,13-14H2,1-3H3/t18-,19-,24?/m1/s1. The quantitative estimate of drug-likeness (QED) is 0.219. The Morgan fingerprint density at radius 3 is 2.59 bits per heavy atom. The minimum Gasteiger partial charge on any atom is -0.496 e. The molecule has 0 aromatic heterocycles. The maximum absolute atomic E-state index is 12.4. The lowest BCUT2D eigenvalue weighted by Crippen LogP contribution is -2.32. The van der Waals surface area contributed by atoms with Crippen LogP contribution in [0, 0.1) is 5.92 Å². The van der Waals surface area contributed by atoms with Gasteiger partial charge in [-0.15, -0.1) is 0 Å². The van der Waals surface area contributed by atoms with Gasteiger partial charge in [-0.25, -0.2) is 4.79 Å². The molecule has 0 N–H and O–H groups in total. The lowest BCUT2D eigenvalue weighted by Gasteiger charge is -2.27. The number of hydrogen-bond acceptors (Lipinski definition) is 7. The first-order chi connectivity index (χ1) is 15.5. The Labute approximate surface area is 192 Å². The molecule has 0 fully saturated rings. The summed E-state index contributed by atoms with van der Waals surface area (Å²) in [6.45, 7) is 4.20. The van der Waals surface area contributed by atoms with Crippen molar-refractivity contribution in [3.8, 4) is 5.75 Å². The van der Waals surface area contributed by atoms with E-state index in [0.717, 1.165) is 11.1 Å². The first-order valence-electron chi connectivity index (χ1n) is 10.5. The molecule has 0 saturated carbocycles. The lowest BCUT2D eigenvalue weighted by molar-refractivity contribution is -0.353. The minimum absolute atomic E-state index is 0.126. The van der Waals surface area contributed by atoms with E-state index in [1.54, 1.807) is 32.2 Å². The van der Waals surface area contributed by atoms with Crippen LogP contribution in [-0.4, -0.2) is 38.6 Å². The molecule has 32 heavy (non-hydrogen) atoms. The highest BCUT2D eigenvalue weighted by atomic mass is 35.5. The van der Waals surface area contributed by atoms with Crippen molar-refractivity contribution in [2.24, 2.45) is 5.92 Å². The van der Waals surface area contributed by atoms with Gasteiger partial charge in [-0.2, -0.15) is 4.89 Å². The highest BCUT2D eigenvalue weighted by Gasteiger charge is 2.43. The van der Waals surface area contributed by atoms with Crippen LogP contribution >= 0.6 is 11.6 Å². The van der Waals surface area contributed by atoms with Crippen LogP contribution in [-0.2, 0) is 30.5 Å². The molecular formula is C24H27ClO7. The van der Waals surface area contributed by atoms with E-state index >= 15 is 0 Å². The maximum Gasteiger partial charge on any atom is 0.373 e. The molecule has 7 nitrogen and oxygen atoms in total. The molecule has 2 aromatic rings. The molecule has 1 aliphatic carbocycles. The molecule has 0 radical (unpaired) electrons. The number of halogens is 1. The van der Waals surface area contributed by atoms with Gasteiger partial charge in [-0.1, -0.05) is 29.8 Å². The fourth-order valence-corrected chi connectivity index (χ4v) is 4.25. The summed E-state index contributed by atoms with van der Waals surface area (Å²) in [6, 6.07) is 12.1. The van der Waals surface area contributed by atoms with Crippen molar-refractivity contribution in [1.82, 2.24) is 0 Å². The van der Waals surface area contributed by atoms with E-state index < -0.39 is 12.3 Å². The highest BCUT2D eigenvalue weighted by Crippen LogP contribution is 2.47. The van der Waals surface area contributed by atoms with Crippen LogP contribution in [0.3, 0.4) is 0 Å². The van der Waals surface area contributed by atoms with E-state index in [-0.39, 0.29) is 36.4 Å². The number of carbonyl (C=O) groups excluding carboxylic acids is 2. The van der Waals surface area contributed by atoms with E-state index in [0.29, 0.717) is 23.8 Å². The normalized spacial score (nSPS) is 18.0. The van der Waals surface area contributed by atoms with Crippen molar-refractivity contribution in [3.63, 3.8) is 0 Å². The Hall–Kier alpha value is -2.61. The number of fused-ring (bicyclic) bond motifs is 1.